The molecular formula is C24H31BrClN3O3. The fourth-order valence-electron chi connectivity index (χ4n) is 3.73. The lowest BCUT2D eigenvalue weighted by Crippen LogP contribution is -2.47. The molecule has 0 saturated carbocycles. The number of ether oxygens (including phenoxy) is 3. The molecule has 0 amide bonds. The lowest BCUT2D eigenvalue weighted by atomic mass is 10.0. The zero-order chi connectivity index (χ0) is 22.2. The van der Waals surface area contributed by atoms with Gasteiger partial charge in [-0.2, -0.15) is 0 Å². The number of hydrogen-bond donors (Lipinski definition) is 2. The predicted molar refractivity (Wildman–Crippen MR) is 131 cm³/mol. The van der Waals surface area contributed by atoms with Gasteiger partial charge in [0, 0.05) is 66.9 Å². The largest absolute Gasteiger partial charge is 0.492 e. The van der Waals surface area contributed by atoms with Gasteiger partial charge in [0.15, 0.2) is 0 Å². The Bertz CT molecular complexity index is 876. The molecule has 4 rings (SSSR count). The summed E-state index contributed by atoms with van der Waals surface area (Å²) in [6.45, 7) is 9.54. The summed E-state index contributed by atoms with van der Waals surface area (Å²) in [6.07, 6.45) is 0. The van der Waals surface area contributed by atoms with Gasteiger partial charge < -0.3 is 24.8 Å². The zero-order valence-corrected chi connectivity index (χ0v) is 20.6. The molecule has 2 heterocycles. The van der Waals surface area contributed by atoms with Gasteiger partial charge in [-0.15, -0.1) is 0 Å². The Morgan fingerprint density at radius 1 is 1.09 bits per heavy atom. The van der Waals surface area contributed by atoms with Gasteiger partial charge in [0.05, 0.1) is 13.2 Å². The smallest absolute Gasteiger partial charge is 0.123 e. The van der Waals surface area contributed by atoms with Crippen molar-refractivity contribution in [1.82, 2.24) is 15.5 Å². The summed E-state index contributed by atoms with van der Waals surface area (Å²) < 4.78 is 18.6. The topological polar surface area (TPSA) is 55.0 Å². The van der Waals surface area contributed by atoms with E-state index >= 15 is 0 Å². The number of nitrogens with zero attached hydrogens (tertiary/aromatic N) is 1. The van der Waals surface area contributed by atoms with Crippen LogP contribution in [0.3, 0.4) is 0 Å². The van der Waals surface area contributed by atoms with E-state index in [4.69, 9.17) is 25.8 Å². The van der Waals surface area contributed by atoms with Crippen LogP contribution in [-0.4, -0.2) is 64.0 Å². The average Bonchev–Trinajstić information content (AvgIpc) is 2.76. The van der Waals surface area contributed by atoms with Crippen LogP contribution in [0, 0.1) is 5.92 Å². The number of hydrogen-bond acceptors (Lipinski definition) is 6. The first kappa shape index (κ1) is 23.8. The van der Waals surface area contributed by atoms with E-state index in [1.54, 1.807) is 0 Å². The van der Waals surface area contributed by atoms with E-state index in [2.05, 4.69) is 43.6 Å². The van der Waals surface area contributed by atoms with Crippen molar-refractivity contribution in [2.45, 2.75) is 13.2 Å². The molecule has 2 aromatic carbocycles. The minimum Gasteiger partial charge on any atom is -0.492 e. The molecule has 174 valence electrons. The Labute approximate surface area is 203 Å². The summed E-state index contributed by atoms with van der Waals surface area (Å²) in [7, 11) is 0. The van der Waals surface area contributed by atoms with Crippen LogP contribution >= 0.6 is 27.5 Å². The lowest BCUT2D eigenvalue weighted by Gasteiger charge is -2.27. The van der Waals surface area contributed by atoms with Crippen LogP contribution in [0.5, 0.6) is 11.5 Å². The van der Waals surface area contributed by atoms with E-state index in [0.29, 0.717) is 18.2 Å². The maximum absolute atomic E-state index is 6.13. The van der Waals surface area contributed by atoms with Crippen LogP contribution < -0.4 is 20.1 Å². The second-order valence-electron chi connectivity index (χ2n) is 8.29. The van der Waals surface area contributed by atoms with E-state index < -0.39 is 0 Å². The van der Waals surface area contributed by atoms with E-state index in [1.165, 1.54) is 0 Å². The Hall–Kier alpha value is -1.35. The van der Waals surface area contributed by atoms with Crippen LogP contribution in [-0.2, 0) is 17.9 Å². The van der Waals surface area contributed by atoms with E-state index in [0.717, 1.165) is 92.0 Å². The molecule has 0 aromatic heterocycles. The molecule has 8 heteroatoms. The number of morpholine rings is 1. The first-order chi connectivity index (χ1) is 15.7. The first-order valence-electron chi connectivity index (χ1n) is 11.2. The quantitative estimate of drug-likeness (QED) is 0.468. The third-order valence-electron chi connectivity index (χ3n) is 5.76. The number of nitrogens with one attached hydrogen (secondary N) is 2. The van der Waals surface area contributed by atoms with E-state index in [9.17, 15) is 0 Å². The molecule has 32 heavy (non-hydrogen) atoms. The molecule has 2 aliphatic heterocycles. The highest BCUT2D eigenvalue weighted by molar-refractivity contribution is 9.10. The maximum Gasteiger partial charge on any atom is 0.123 e. The third-order valence-corrected chi connectivity index (χ3v) is 6.73. The number of rotatable bonds is 11. The Morgan fingerprint density at radius 2 is 1.88 bits per heavy atom. The molecule has 6 nitrogen and oxygen atoms in total. The van der Waals surface area contributed by atoms with Crippen molar-refractivity contribution in [1.29, 1.82) is 0 Å². The van der Waals surface area contributed by atoms with Crippen LogP contribution in [0.1, 0.15) is 11.1 Å². The molecule has 2 N–H and O–H groups in total. The van der Waals surface area contributed by atoms with Crippen molar-refractivity contribution >= 4 is 27.5 Å². The molecule has 0 radical (unpaired) electrons. The first-order valence-corrected chi connectivity index (χ1v) is 12.4. The molecule has 2 aromatic rings. The van der Waals surface area contributed by atoms with Crippen molar-refractivity contribution in [2.75, 3.05) is 59.1 Å². The Balaban J connectivity index is 1.37. The van der Waals surface area contributed by atoms with Crippen molar-refractivity contribution in [3.05, 3.63) is 57.0 Å². The molecular weight excluding hydrogens is 494 g/mol. The SMILES string of the molecule is Clc1ccc(COc2cc(CNCC3CNC3)cc(OCCN3CCOCC3)c2)c(Br)c1. The summed E-state index contributed by atoms with van der Waals surface area (Å²) >= 11 is 9.62. The average molecular weight is 525 g/mol. The number of benzene rings is 2. The van der Waals surface area contributed by atoms with Gasteiger partial charge in [0.1, 0.15) is 24.7 Å². The molecule has 2 fully saturated rings. The van der Waals surface area contributed by atoms with E-state index in [1.807, 2.05) is 24.3 Å². The van der Waals surface area contributed by atoms with Gasteiger partial charge in [-0.3, -0.25) is 4.90 Å². The standard InChI is InChI=1S/C24H31BrClN3O3/c25-24-11-21(26)2-1-20(24)17-32-23-10-18(13-27-14-19-15-28-16-19)9-22(12-23)31-8-5-29-3-6-30-7-4-29/h1-2,9-12,19,27-28H,3-8,13-17H2. The summed E-state index contributed by atoms with van der Waals surface area (Å²) in [6, 6.07) is 11.9. The summed E-state index contributed by atoms with van der Waals surface area (Å²) in [5.74, 6) is 2.37. The zero-order valence-electron chi connectivity index (χ0n) is 18.2. The van der Waals surface area contributed by atoms with Gasteiger partial charge in [-0.25, -0.2) is 0 Å². The summed E-state index contributed by atoms with van der Waals surface area (Å²) in [5, 5.41) is 7.57. The third kappa shape index (κ3) is 7.33. The van der Waals surface area contributed by atoms with Crippen LogP contribution in [0.25, 0.3) is 0 Å². The fourth-order valence-corrected chi connectivity index (χ4v) is 4.53. The monoisotopic (exact) mass is 523 g/mol. The molecule has 0 atom stereocenters. The molecule has 0 bridgehead atoms. The predicted octanol–water partition coefficient (Wildman–Crippen LogP) is 3.70. The van der Waals surface area contributed by atoms with Crippen LogP contribution in [0.15, 0.2) is 40.9 Å². The minimum absolute atomic E-state index is 0.454. The summed E-state index contributed by atoms with van der Waals surface area (Å²) in [4.78, 5) is 2.37. The molecule has 0 unspecified atom stereocenters. The van der Waals surface area contributed by atoms with Crippen molar-refractivity contribution in [3.8, 4) is 11.5 Å². The highest BCUT2D eigenvalue weighted by atomic mass is 79.9. The lowest BCUT2D eigenvalue weighted by molar-refractivity contribution is 0.0322. The van der Waals surface area contributed by atoms with Gasteiger partial charge in [-0.1, -0.05) is 33.6 Å². The second kappa shape index (κ2) is 12.2. The molecule has 2 aliphatic rings. The van der Waals surface area contributed by atoms with Crippen molar-refractivity contribution in [3.63, 3.8) is 0 Å². The normalized spacial score (nSPS) is 17.2. The highest BCUT2D eigenvalue weighted by Crippen LogP contribution is 2.27. The molecule has 0 aliphatic carbocycles. The fraction of sp³-hybridized carbons (Fsp3) is 0.500. The molecule has 2 saturated heterocycles. The second-order valence-corrected chi connectivity index (χ2v) is 9.59. The minimum atomic E-state index is 0.454. The van der Waals surface area contributed by atoms with Gasteiger partial charge >= 0.3 is 0 Å². The van der Waals surface area contributed by atoms with E-state index in [-0.39, 0.29) is 0 Å². The highest BCUT2D eigenvalue weighted by Gasteiger charge is 2.16. The van der Waals surface area contributed by atoms with Gasteiger partial charge in [-0.05, 0) is 35.7 Å². The molecule has 0 spiro atoms. The summed E-state index contributed by atoms with van der Waals surface area (Å²) in [5.41, 5.74) is 2.21. The van der Waals surface area contributed by atoms with Gasteiger partial charge in [0.25, 0.3) is 0 Å². The maximum atomic E-state index is 6.13. The van der Waals surface area contributed by atoms with Crippen LogP contribution in [0.4, 0.5) is 0 Å². The Morgan fingerprint density at radius 3 is 2.59 bits per heavy atom. The Kier molecular flexibility index (Phi) is 9.08. The van der Waals surface area contributed by atoms with Gasteiger partial charge in [0.2, 0.25) is 0 Å². The van der Waals surface area contributed by atoms with Crippen molar-refractivity contribution in [2.24, 2.45) is 5.92 Å². The number of halogens is 2. The van der Waals surface area contributed by atoms with Crippen LogP contribution in [0.2, 0.25) is 5.02 Å². The van der Waals surface area contributed by atoms with Crippen molar-refractivity contribution < 1.29 is 14.2 Å².